The number of aromatic nitrogens is 1. The number of rotatable bonds is 3. The fourth-order valence-electron chi connectivity index (χ4n) is 3.26. The predicted octanol–water partition coefficient (Wildman–Crippen LogP) is 4.27. The van der Waals surface area contributed by atoms with Crippen LogP contribution in [0.1, 0.15) is 43.5 Å². The van der Waals surface area contributed by atoms with E-state index in [0.29, 0.717) is 12.1 Å². The summed E-state index contributed by atoms with van der Waals surface area (Å²) >= 11 is 0. The molecule has 1 aromatic heterocycles. The highest BCUT2D eigenvalue weighted by Crippen LogP contribution is 2.33. The van der Waals surface area contributed by atoms with Crippen LogP contribution in [0, 0.1) is 13.8 Å². The van der Waals surface area contributed by atoms with Crippen LogP contribution in [-0.4, -0.2) is 18.1 Å². The van der Waals surface area contributed by atoms with E-state index < -0.39 is 0 Å². The fraction of sp³-hybridized carbons (Fsp3) is 0.381. The van der Waals surface area contributed by atoms with E-state index in [1.165, 1.54) is 28.2 Å². The number of aryl methyl sites for hydroxylation is 1. The number of anilines is 1. The molecule has 0 amide bonds. The molecule has 0 spiro atoms. The van der Waals surface area contributed by atoms with Crippen LogP contribution >= 0.6 is 0 Å². The Kier molecular flexibility index (Phi) is 4.35. The Labute approximate surface area is 145 Å². The van der Waals surface area contributed by atoms with Crippen molar-refractivity contribution in [2.24, 2.45) is 0 Å². The van der Waals surface area contributed by atoms with Crippen molar-refractivity contribution in [1.82, 2.24) is 4.90 Å². The lowest BCUT2D eigenvalue weighted by atomic mass is 9.98. The van der Waals surface area contributed by atoms with Crippen molar-refractivity contribution in [2.45, 2.75) is 46.7 Å². The highest BCUT2D eigenvalue weighted by atomic mass is 15.4. The molecule has 0 radical (unpaired) electrons. The largest absolute Gasteiger partial charge is 0.359 e. The third-order valence-corrected chi connectivity index (χ3v) is 5.10. The van der Waals surface area contributed by atoms with Gasteiger partial charge in [-0.2, -0.15) is 4.57 Å². The molecule has 3 nitrogen and oxygen atoms in total. The van der Waals surface area contributed by atoms with Crippen LogP contribution in [0.15, 0.2) is 48.9 Å². The van der Waals surface area contributed by atoms with Crippen LogP contribution in [0.2, 0.25) is 0 Å². The second-order valence-electron chi connectivity index (χ2n) is 7.05. The minimum Gasteiger partial charge on any atom is -0.359 e. The quantitative estimate of drug-likeness (QED) is 0.781. The first-order valence-corrected chi connectivity index (χ1v) is 8.71. The molecule has 0 bridgehead atoms. The van der Waals surface area contributed by atoms with Gasteiger partial charge in [0.2, 0.25) is 5.69 Å². The van der Waals surface area contributed by atoms with E-state index in [9.17, 15) is 0 Å². The molecule has 2 heterocycles. The highest BCUT2D eigenvalue weighted by Gasteiger charge is 2.26. The lowest BCUT2D eigenvalue weighted by molar-refractivity contribution is -0.603. The Morgan fingerprint density at radius 3 is 2.42 bits per heavy atom. The van der Waals surface area contributed by atoms with Gasteiger partial charge in [0.15, 0.2) is 11.9 Å². The standard InChI is InChI=1S/C21H28N3/c1-15(2)19-13-20(23-10-8-7-9-16(23)3)17(4)21(14-19)24-12-11-22(6)18(24)5/h7-15,18H,1-6H3/q+1/t18-/m1/s1. The van der Waals surface area contributed by atoms with Crippen molar-refractivity contribution < 1.29 is 4.57 Å². The minimum absolute atomic E-state index is 0.334. The van der Waals surface area contributed by atoms with Gasteiger partial charge in [0.25, 0.3) is 0 Å². The van der Waals surface area contributed by atoms with E-state index in [2.05, 4.69) is 105 Å². The fourth-order valence-corrected chi connectivity index (χ4v) is 3.26. The molecule has 2 aromatic rings. The molecule has 0 saturated carbocycles. The topological polar surface area (TPSA) is 10.4 Å². The minimum atomic E-state index is 0.334. The van der Waals surface area contributed by atoms with E-state index in [-0.39, 0.29) is 0 Å². The van der Waals surface area contributed by atoms with Crippen LogP contribution < -0.4 is 9.47 Å². The van der Waals surface area contributed by atoms with E-state index >= 15 is 0 Å². The van der Waals surface area contributed by atoms with Crippen molar-refractivity contribution in [3.8, 4) is 5.69 Å². The first kappa shape index (κ1) is 16.6. The van der Waals surface area contributed by atoms with Crippen molar-refractivity contribution in [2.75, 3.05) is 11.9 Å². The third-order valence-electron chi connectivity index (χ3n) is 5.10. The number of hydrogen-bond acceptors (Lipinski definition) is 2. The number of hydrogen-bond donors (Lipinski definition) is 0. The third kappa shape index (κ3) is 2.79. The monoisotopic (exact) mass is 322 g/mol. The van der Waals surface area contributed by atoms with Gasteiger partial charge >= 0.3 is 0 Å². The smallest absolute Gasteiger partial charge is 0.216 e. The van der Waals surface area contributed by atoms with Gasteiger partial charge in [-0.15, -0.1) is 0 Å². The lowest BCUT2D eigenvalue weighted by Gasteiger charge is -2.29. The molecule has 3 rings (SSSR count). The second-order valence-corrected chi connectivity index (χ2v) is 7.05. The summed E-state index contributed by atoms with van der Waals surface area (Å²) in [5.74, 6) is 0.493. The summed E-state index contributed by atoms with van der Waals surface area (Å²) in [4.78, 5) is 4.60. The Morgan fingerprint density at radius 1 is 1.08 bits per heavy atom. The van der Waals surface area contributed by atoms with Crippen LogP contribution in [0.3, 0.4) is 0 Å². The normalized spacial score (nSPS) is 17.2. The van der Waals surface area contributed by atoms with Crippen molar-refractivity contribution in [3.05, 3.63) is 65.7 Å². The number of benzene rings is 1. The predicted molar refractivity (Wildman–Crippen MR) is 100 cm³/mol. The zero-order chi connectivity index (χ0) is 17.4. The average molecular weight is 322 g/mol. The molecule has 3 heteroatoms. The summed E-state index contributed by atoms with van der Waals surface area (Å²) in [6, 6.07) is 11.0. The van der Waals surface area contributed by atoms with Crippen LogP contribution in [0.25, 0.3) is 5.69 Å². The maximum Gasteiger partial charge on any atom is 0.216 e. The van der Waals surface area contributed by atoms with E-state index in [1.54, 1.807) is 0 Å². The van der Waals surface area contributed by atoms with Crippen molar-refractivity contribution >= 4 is 5.69 Å². The number of nitrogens with zero attached hydrogens (tertiary/aromatic N) is 3. The molecule has 0 unspecified atom stereocenters. The summed E-state index contributed by atoms with van der Waals surface area (Å²) in [5, 5.41) is 0. The molecule has 0 saturated heterocycles. The van der Waals surface area contributed by atoms with Crippen molar-refractivity contribution in [3.63, 3.8) is 0 Å². The maximum absolute atomic E-state index is 2.36. The van der Waals surface area contributed by atoms with Gasteiger partial charge in [-0.05, 0) is 31.4 Å². The van der Waals surface area contributed by atoms with E-state index in [4.69, 9.17) is 0 Å². The van der Waals surface area contributed by atoms with Gasteiger partial charge in [0, 0.05) is 50.1 Å². The summed E-state index contributed by atoms with van der Waals surface area (Å²) < 4.78 is 2.29. The van der Waals surface area contributed by atoms with E-state index in [1.807, 2.05) is 0 Å². The first-order chi connectivity index (χ1) is 11.4. The molecule has 0 fully saturated rings. The SMILES string of the molecule is Cc1c(N2C=CN(C)[C@H]2C)cc(C(C)C)cc1-[n+]1ccccc1C. The molecule has 0 aliphatic carbocycles. The molecule has 24 heavy (non-hydrogen) atoms. The Morgan fingerprint density at radius 2 is 1.83 bits per heavy atom. The summed E-state index contributed by atoms with van der Waals surface area (Å²) in [5.41, 5.74) is 6.49. The molecular formula is C21H28N3+. The lowest BCUT2D eigenvalue weighted by Crippen LogP contribution is -2.37. The molecule has 126 valence electrons. The second kappa shape index (κ2) is 6.31. The van der Waals surface area contributed by atoms with Crippen LogP contribution in [0.4, 0.5) is 5.69 Å². The Balaban J connectivity index is 2.20. The van der Waals surface area contributed by atoms with Gasteiger partial charge in [0.1, 0.15) is 6.17 Å². The molecule has 1 atom stereocenters. The van der Waals surface area contributed by atoms with Gasteiger partial charge in [-0.3, -0.25) is 0 Å². The highest BCUT2D eigenvalue weighted by molar-refractivity contribution is 5.64. The van der Waals surface area contributed by atoms with Crippen LogP contribution in [0.5, 0.6) is 0 Å². The first-order valence-electron chi connectivity index (χ1n) is 8.71. The Hall–Kier alpha value is -2.29. The zero-order valence-corrected chi connectivity index (χ0v) is 15.6. The van der Waals surface area contributed by atoms with Gasteiger partial charge in [-0.25, -0.2) is 0 Å². The molecule has 1 aromatic carbocycles. The zero-order valence-electron chi connectivity index (χ0n) is 15.6. The van der Waals surface area contributed by atoms with Gasteiger partial charge < -0.3 is 9.80 Å². The van der Waals surface area contributed by atoms with Crippen molar-refractivity contribution in [1.29, 1.82) is 0 Å². The van der Waals surface area contributed by atoms with Gasteiger partial charge in [0.05, 0.1) is 5.69 Å². The molecule has 0 N–H and O–H groups in total. The van der Waals surface area contributed by atoms with E-state index in [0.717, 1.165) is 0 Å². The maximum atomic E-state index is 2.36. The van der Waals surface area contributed by atoms with Gasteiger partial charge in [-0.1, -0.05) is 19.9 Å². The van der Waals surface area contributed by atoms with Crippen LogP contribution in [-0.2, 0) is 0 Å². The molecule has 1 aliphatic rings. The summed E-state index contributed by atoms with van der Waals surface area (Å²) in [6.45, 7) is 11.1. The number of pyridine rings is 1. The summed E-state index contributed by atoms with van der Waals surface area (Å²) in [7, 11) is 2.12. The Bertz CT molecular complexity index is 777. The summed E-state index contributed by atoms with van der Waals surface area (Å²) in [6.07, 6.45) is 6.82. The molecule has 1 aliphatic heterocycles. The molecular weight excluding hydrogens is 294 g/mol. The average Bonchev–Trinajstić information content (AvgIpc) is 2.88.